The Morgan fingerprint density at radius 3 is 2.71 bits per heavy atom. The Morgan fingerprint density at radius 2 is 1.90 bits per heavy atom. The maximum Gasteiger partial charge on any atom is 0.251 e. The SMILES string of the molecule is O=C1NC2=CC(=NC(=O)C3CC(=O)N(c4ccc(F)cc4)C3)C=CC2C2=C1CCCC2. The van der Waals surface area contributed by atoms with E-state index in [1.165, 1.54) is 34.7 Å². The van der Waals surface area contributed by atoms with Gasteiger partial charge in [0.1, 0.15) is 5.82 Å². The van der Waals surface area contributed by atoms with E-state index in [2.05, 4.69) is 10.3 Å². The zero-order valence-corrected chi connectivity index (χ0v) is 16.9. The van der Waals surface area contributed by atoms with E-state index >= 15 is 0 Å². The molecule has 2 aliphatic heterocycles. The van der Waals surface area contributed by atoms with Gasteiger partial charge in [0.05, 0.1) is 11.6 Å². The molecule has 2 atom stereocenters. The fourth-order valence-electron chi connectivity index (χ4n) is 4.78. The minimum atomic E-state index is -0.553. The Balaban J connectivity index is 1.32. The minimum absolute atomic E-state index is 0.0454. The van der Waals surface area contributed by atoms with Crippen molar-refractivity contribution in [1.82, 2.24) is 5.32 Å². The molecule has 1 aromatic carbocycles. The van der Waals surface area contributed by atoms with E-state index in [9.17, 15) is 18.8 Å². The third-order valence-electron chi connectivity index (χ3n) is 6.37. The van der Waals surface area contributed by atoms with E-state index in [4.69, 9.17) is 0 Å². The normalized spacial score (nSPS) is 26.5. The van der Waals surface area contributed by atoms with Crippen molar-refractivity contribution in [1.29, 1.82) is 0 Å². The predicted octanol–water partition coefficient (Wildman–Crippen LogP) is 3.22. The van der Waals surface area contributed by atoms with Crippen LogP contribution in [0, 0.1) is 17.7 Å². The molecule has 0 aromatic heterocycles. The van der Waals surface area contributed by atoms with E-state index < -0.39 is 5.92 Å². The number of nitrogens with one attached hydrogen (secondary N) is 1. The molecule has 1 N–H and O–H groups in total. The maximum atomic E-state index is 13.2. The largest absolute Gasteiger partial charge is 0.325 e. The van der Waals surface area contributed by atoms with Crippen molar-refractivity contribution in [3.05, 3.63) is 65.2 Å². The van der Waals surface area contributed by atoms with Gasteiger partial charge in [-0.05, 0) is 67.7 Å². The van der Waals surface area contributed by atoms with Crippen LogP contribution in [0.1, 0.15) is 32.1 Å². The summed E-state index contributed by atoms with van der Waals surface area (Å²) in [5.74, 6) is -1.48. The molecule has 4 aliphatic rings. The Bertz CT molecular complexity index is 1100. The van der Waals surface area contributed by atoms with Crippen LogP contribution in [-0.2, 0) is 14.4 Å². The number of nitrogens with zero attached hydrogens (tertiary/aromatic N) is 2. The average molecular weight is 419 g/mol. The number of carbonyl (C=O) groups excluding carboxylic acids is 3. The van der Waals surface area contributed by atoms with E-state index in [0.717, 1.165) is 37.0 Å². The van der Waals surface area contributed by atoms with Gasteiger partial charge in [-0.3, -0.25) is 14.4 Å². The summed E-state index contributed by atoms with van der Waals surface area (Å²) in [6, 6.07) is 5.64. The highest BCUT2D eigenvalue weighted by Crippen LogP contribution is 2.38. The van der Waals surface area contributed by atoms with Crippen molar-refractivity contribution in [3.63, 3.8) is 0 Å². The first-order valence-electron chi connectivity index (χ1n) is 10.6. The third-order valence-corrected chi connectivity index (χ3v) is 6.37. The lowest BCUT2D eigenvalue weighted by Gasteiger charge is -2.33. The topological polar surface area (TPSA) is 78.8 Å². The summed E-state index contributed by atoms with van der Waals surface area (Å²) in [5, 5.41) is 2.96. The number of allylic oxidation sites excluding steroid dienone is 3. The Hall–Kier alpha value is -3.35. The summed E-state index contributed by atoms with van der Waals surface area (Å²) >= 11 is 0. The zero-order chi connectivity index (χ0) is 21.5. The molecule has 0 spiro atoms. The van der Waals surface area contributed by atoms with Gasteiger partial charge in [-0.25, -0.2) is 9.38 Å². The van der Waals surface area contributed by atoms with Crippen molar-refractivity contribution in [2.45, 2.75) is 32.1 Å². The summed E-state index contributed by atoms with van der Waals surface area (Å²) in [7, 11) is 0. The number of aliphatic imine (C=N–C) groups is 1. The zero-order valence-electron chi connectivity index (χ0n) is 16.9. The van der Waals surface area contributed by atoms with Gasteiger partial charge in [-0.1, -0.05) is 6.08 Å². The number of fused-ring (bicyclic) bond motifs is 2. The number of rotatable bonds is 2. The molecular formula is C24H22FN3O3. The number of anilines is 1. The van der Waals surface area contributed by atoms with Gasteiger partial charge in [-0.15, -0.1) is 0 Å². The lowest BCUT2D eigenvalue weighted by molar-refractivity contribution is -0.123. The molecule has 6 nitrogen and oxygen atoms in total. The van der Waals surface area contributed by atoms with Crippen LogP contribution < -0.4 is 10.2 Å². The smallest absolute Gasteiger partial charge is 0.251 e. The minimum Gasteiger partial charge on any atom is -0.325 e. The first-order valence-corrected chi connectivity index (χ1v) is 10.6. The van der Waals surface area contributed by atoms with Crippen molar-refractivity contribution in [2.24, 2.45) is 16.8 Å². The van der Waals surface area contributed by atoms with Crippen molar-refractivity contribution >= 4 is 29.1 Å². The van der Waals surface area contributed by atoms with Gasteiger partial charge in [0, 0.05) is 35.8 Å². The van der Waals surface area contributed by atoms with Gasteiger partial charge in [-0.2, -0.15) is 0 Å². The molecule has 5 rings (SSSR count). The lowest BCUT2D eigenvalue weighted by Crippen LogP contribution is -2.37. The number of hydrogen-bond acceptors (Lipinski definition) is 3. The lowest BCUT2D eigenvalue weighted by atomic mass is 9.77. The maximum absolute atomic E-state index is 13.2. The Morgan fingerprint density at radius 1 is 1.13 bits per heavy atom. The molecule has 2 unspecified atom stereocenters. The highest BCUT2D eigenvalue weighted by Gasteiger charge is 2.36. The predicted molar refractivity (Wildman–Crippen MR) is 114 cm³/mol. The van der Waals surface area contributed by atoms with Crippen LogP contribution in [-0.4, -0.2) is 30.0 Å². The van der Waals surface area contributed by atoms with Crippen LogP contribution in [0.25, 0.3) is 0 Å². The molecule has 0 saturated carbocycles. The fraction of sp³-hybridized carbons (Fsp3) is 0.333. The Labute approximate surface area is 179 Å². The number of carbonyl (C=O) groups is 3. The summed E-state index contributed by atoms with van der Waals surface area (Å²) < 4.78 is 13.2. The van der Waals surface area contributed by atoms with Gasteiger partial charge in [0.25, 0.3) is 11.8 Å². The molecule has 1 fully saturated rings. The number of benzene rings is 1. The summed E-state index contributed by atoms with van der Waals surface area (Å²) in [6.07, 6.45) is 9.50. The fourth-order valence-corrected chi connectivity index (χ4v) is 4.78. The molecule has 2 aliphatic carbocycles. The second-order valence-electron chi connectivity index (χ2n) is 8.36. The van der Waals surface area contributed by atoms with E-state index in [1.54, 1.807) is 6.08 Å². The van der Waals surface area contributed by atoms with Crippen LogP contribution in [0.3, 0.4) is 0 Å². The highest BCUT2D eigenvalue weighted by molar-refractivity contribution is 6.13. The third kappa shape index (κ3) is 3.65. The number of hydrogen-bond donors (Lipinski definition) is 1. The van der Waals surface area contributed by atoms with Crippen molar-refractivity contribution in [3.8, 4) is 0 Å². The first-order chi connectivity index (χ1) is 15.0. The molecular weight excluding hydrogens is 397 g/mol. The number of amides is 3. The van der Waals surface area contributed by atoms with Gasteiger partial charge < -0.3 is 10.2 Å². The average Bonchev–Trinajstić information content (AvgIpc) is 3.16. The van der Waals surface area contributed by atoms with Crippen LogP contribution >= 0.6 is 0 Å². The monoisotopic (exact) mass is 419 g/mol. The summed E-state index contributed by atoms with van der Waals surface area (Å²) in [5.41, 5.74) is 3.89. The van der Waals surface area contributed by atoms with E-state index in [0.29, 0.717) is 11.4 Å². The summed E-state index contributed by atoms with van der Waals surface area (Å²) in [4.78, 5) is 43.3. The molecule has 1 aromatic rings. The van der Waals surface area contributed by atoms with Crippen LogP contribution in [0.2, 0.25) is 0 Å². The molecule has 31 heavy (non-hydrogen) atoms. The standard InChI is InChI=1S/C24H22FN3O3/c25-15-5-8-17(9-6-15)28-13-14(11-22(28)29)23(30)26-16-7-10-19-18-3-1-2-4-20(18)24(31)27-21(19)12-16/h5-10,12,14,19H,1-4,11,13H2,(H,27,31). The molecule has 7 heteroatoms. The molecule has 3 amide bonds. The van der Waals surface area contributed by atoms with E-state index in [1.807, 2.05) is 12.2 Å². The summed E-state index contributed by atoms with van der Waals surface area (Å²) in [6.45, 7) is 0.218. The Kier molecular flexibility index (Phi) is 4.88. The number of halogens is 1. The van der Waals surface area contributed by atoms with Crippen LogP contribution in [0.4, 0.5) is 10.1 Å². The molecule has 2 heterocycles. The van der Waals surface area contributed by atoms with Crippen molar-refractivity contribution in [2.75, 3.05) is 11.4 Å². The van der Waals surface area contributed by atoms with Crippen LogP contribution in [0.15, 0.2) is 64.3 Å². The van der Waals surface area contributed by atoms with Crippen molar-refractivity contribution < 1.29 is 18.8 Å². The molecule has 158 valence electrons. The molecule has 0 radical (unpaired) electrons. The second-order valence-corrected chi connectivity index (χ2v) is 8.36. The highest BCUT2D eigenvalue weighted by atomic mass is 19.1. The molecule has 1 saturated heterocycles. The van der Waals surface area contributed by atoms with Gasteiger partial charge in [0.15, 0.2) is 0 Å². The molecule has 0 bridgehead atoms. The van der Waals surface area contributed by atoms with E-state index in [-0.39, 0.29) is 42.4 Å². The second kappa shape index (κ2) is 7.72. The van der Waals surface area contributed by atoms with Gasteiger partial charge >= 0.3 is 0 Å². The quantitative estimate of drug-likeness (QED) is 0.800. The van der Waals surface area contributed by atoms with Crippen LogP contribution in [0.5, 0.6) is 0 Å². The van der Waals surface area contributed by atoms with Gasteiger partial charge in [0.2, 0.25) is 5.91 Å². The first kappa shape index (κ1) is 19.6.